The summed E-state index contributed by atoms with van der Waals surface area (Å²) < 4.78 is 42.7. The summed E-state index contributed by atoms with van der Waals surface area (Å²) in [7, 11) is 0. The van der Waals surface area contributed by atoms with Crippen molar-refractivity contribution in [3.05, 3.63) is 24.5 Å². The summed E-state index contributed by atoms with van der Waals surface area (Å²) in [6.07, 6.45) is 1.41. The molecular weight excluding hydrogens is 311 g/mol. The summed E-state index contributed by atoms with van der Waals surface area (Å²) >= 11 is 0. The van der Waals surface area contributed by atoms with E-state index in [9.17, 15) is 18.0 Å². The highest BCUT2D eigenvalue weighted by Crippen LogP contribution is 2.22. The molecular formula is C15H22F3N3O2. The third-order valence-corrected chi connectivity index (χ3v) is 3.80. The Bertz CT molecular complexity index is 483. The molecule has 130 valence electrons. The topological polar surface area (TPSA) is 46.5 Å². The van der Waals surface area contributed by atoms with E-state index in [-0.39, 0.29) is 12.6 Å². The Labute approximate surface area is 133 Å². The second-order valence-electron chi connectivity index (χ2n) is 5.83. The van der Waals surface area contributed by atoms with Crippen molar-refractivity contribution < 1.29 is 22.7 Å². The van der Waals surface area contributed by atoms with Gasteiger partial charge < -0.3 is 19.5 Å². The molecule has 1 aliphatic heterocycles. The number of ether oxygens (including phenoxy) is 1. The number of piperidine rings is 1. The number of carbonyl (C=O) groups is 1. The fraction of sp³-hybridized carbons (Fsp3) is 0.667. The SMILES string of the molecule is C[C@@H](COCC(F)(F)F)NC(=O)N1CCC(n2cccc2)CC1. The second kappa shape index (κ2) is 7.72. The lowest BCUT2D eigenvalue weighted by atomic mass is 10.1. The Kier molecular flexibility index (Phi) is 5.92. The smallest absolute Gasteiger partial charge is 0.370 e. The van der Waals surface area contributed by atoms with Crippen molar-refractivity contribution in [3.8, 4) is 0 Å². The summed E-state index contributed by atoms with van der Waals surface area (Å²) in [4.78, 5) is 13.8. The number of carbonyl (C=O) groups excluding carboxylic acids is 1. The van der Waals surface area contributed by atoms with Gasteiger partial charge in [0.25, 0.3) is 0 Å². The van der Waals surface area contributed by atoms with Crippen LogP contribution >= 0.6 is 0 Å². The first-order chi connectivity index (χ1) is 10.8. The van der Waals surface area contributed by atoms with Crippen LogP contribution in [0.2, 0.25) is 0 Å². The maximum atomic E-state index is 12.1. The summed E-state index contributed by atoms with van der Waals surface area (Å²) in [5.41, 5.74) is 0. The van der Waals surface area contributed by atoms with Gasteiger partial charge >= 0.3 is 12.2 Å². The maximum Gasteiger partial charge on any atom is 0.411 e. The molecule has 23 heavy (non-hydrogen) atoms. The van der Waals surface area contributed by atoms with E-state index in [0.717, 1.165) is 12.8 Å². The van der Waals surface area contributed by atoms with E-state index in [1.807, 2.05) is 24.5 Å². The molecule has 5 nitrogen and oxygen atoms in total. The van der Waals surface area contributed by atoms with E-state index >= 15 is 0 Å². The Morgan fingerprint density at radius 1 is 1.30 bits per heavy atom. The standard InChI is InChI=1S/C15H22F3N3O2/c1-12(10-23-11-15(16,17)18)19-14(22)21-8-4-13(5-9-21)20-6-2-3-7-20/h2-3,6-7,12-13H,4-5,8-11H2,1H3,(H,19,22)/t12-/m0/s1. The van der Waals surface area contributed by atoms with Crippen LogP contribution in [0.3, 0.4) is 0 Å². The zero-order chi connectivity index (χ0) is 16.9. The number of alkyl halides is 3. The fourth-order valence-electron chi connectivity index (χ4n) is 2.65. The molecule has 0 unspecified atom stereocenters. The van der Waals surface area contributed by atoms with Crippen molar-refractivity contribution in [2.45, 2.75) is 38.0 Å². The summed E-state index contributed by atoms with van der Waals surface area (Å²) in [5.74, 6) is 0. The molecule has 2 heterocycles. The van der Waals surface area contributed by atoms with Crippen molar-refractivity contribution in [3.63, 3.8) is 0 Å². The van der Waals surface area contributed by atoms with Crippen LogP contribution < -0.4 is 5.32 Å². The van der Waals surface area contributed by atoms with E-state index < -0.39 is 18.8 Å². The highest BCUT2D eigenvalue weighted by Gasteiger charge is 2.28. The van der Waals surface area contributed by atoms with Gasteiger partial charge in [0.15, 0.2) is 0 Å². The first-order valence-electron chi connectivity index (χ1n) is 7.67. The van der Waals surface area contributed by atoms with Gasteiger partial charge in [-0.1, -0.05) is 0 Å². The number of urea groups is 1. The van der Waals surface area contributed by atoms with E-state index in [1.165, 1.54) is 0 Å². The third-order valence-electron chi connectivity index (χ3n) is 3.80. The summed E-state index contributed by atoms with van der Waals surface area (Å²) in [6, 6.07) is 3.62. The molecule has 1 atom stereocenters. The van der Waals surface area contributed by atoms with Gasteiger partial charge in [-0.25, -0.2) is 4.79 Å². The summed E-state index contributed by atoms with van der Waals surface area (Å²) in [5, 5.41) is 2.67. The number of amides is 2. The average Bonchev–Trinajstić information content (AvgIpc) is 3.00. The van der Waals surface area contributed by atoms with Crippen LogP contribution in [0, 0.1) is 0 Å². The Morgan fingerprint density at radius 3 is 2.48 bits per heavy atom. The molecule has 1 aromatic rings. The molecule has 1 aromatic heterocycles. The van der Waals surface area contributed by atoms with Gasteiger partial charge in [-0.05, 0) is 31.9 Å². The van der Waals surface area contributed by atoms with Crippen molar-refractivity contribution in [2.24, 2.45) is 0 Å². The van der Waals surface area contributed by atoms with Gasteiger partial charge in [-0.3, -0.25) is 0 Å². The van der Waals surface area contributed by atoms with E-state index in [4.69, 9.17) is 0 Å². The van der Waals surface area contributed by atoms with Crippen LogP contribution in [-0.2, 0) is 4.74 Å². The van der Waals surface area contributed by atoms with Crippen LogP contribution in [0.25, 0.3) is 0 Å². The zero-order valence-corrected chi connectivity index (χ0v) is 13.1. The normalized spacial score (nSPS) is 18.0. The number of nitrogens with one attached hydrogen (secondary N) is 1. The highest BCUT2D eigenvalue weighted by atomic mass is 19.4. The van der Waals surface area contributed by atoms with Crippen molar-refractivity contribution in [1.29, 1.82) is 0 Å². The van der Waals surface area contributed by atoms with Crippen LogP contribution in [0.15, 0.2) is 24.5 Å². The van der Waals surface area contributed by atoms with Gasteiger partial charge in [-0.2, -0.15) is 13.2 Å². The molecule has 0 saturated carbocycles. The molecule has 2 rings (SSSR count). The molecule has 1 fully saturated rings. The number of aromatic nitrogens is 1. The molecule has 0 spiro atoms. The first-order valence-corrected chi connectivity index (χ1v) is 7.67. The van der Waals surface area contributed by atoms with E-state index in [2.05, 4.69) is 14.6 Å². The summed E-state index contributed by atoms with van der Waals surface area (Å²) in [6.45, 7) is 1.43. The molecule has 8 heteroatoms. The minimum Gasteiger partial charge on any atom is -0.370 e. The van der Waals surface area contributed by atoms with Gasteiger partial charge in [0, 0.05) is 31.5 Å². The van der Waals surface area contributed by atoms with Crippen molar-refractivity contribution >= 4 is 6.03 Å². The minimum atomic E-state index is -4.34. The molecule has 0 aromatic carbocycles. The molecule has 0 aliphatic carbocycles. The quantitative estimate of drug-likeness (QED) is 0.901. The lowest BCUT2D eigenvalue weighted by Gasteiger charge is -2.33. The predicted molar refractivity (Wildman–Crippen MR) is 79.1 cm³/mol. The second-order valence-corrected chi connectivity index (χ2v) is 5.83. The first kappa shape index (κ1) is 17.7. The van der Waals surface area contributed by atoms with Gasteiger partial charge in [0.2, 0.25) is 0 Å². The van der Waals surface area contributed by atoms with Crippen molar-refractivity contribution in [2.75, 3.05) is 26.3 Å². The predicted octanol–water partition coefficient (Wildman–Crippen LogP) is 2.80. The highest BCUT2D eigenvalue weighted by molar-refractivity contribution is 5.74. The molecule has 0 bridgehead atoms. The molecule has 0 radical (unpaired) electrons. The number of likely N-dealkylation sites (tertiary alicyclic amines) is 1. The molecule has 2 amide bonds. The zero-order valence-electron chi connectivity index (χ0n) is 13.1. The largest absolute Gasteiger partial charge is 0.411 e. The minimum absolute atomic E-state index is 0.162. The van der Waals surface area contributed by atoms with Crippen molar-refractivity contribution in [1.82, 2.24) is 14.8 Å². The Hall–Kier alpha value is -1.70. The molecule has 1 aliphatic rings. The fourth-order valence-corrected chi connectivity index (χ4v) is 2.65. The lowest BCUT2D eigenvalue weighted by Crippen LogP contribution is -2.48. The van der Waals surface area contributed by atoms with Gasteiger partial charge in [-0.15, -0.1) is 0 Å². The van der Waals surface area contributed by atoms with Crippen LogP contribution in [0.5, 0.6) is 0 Å². The number of hydrogen-bond acceptors (Lipinski definition) is 2. The molecule has 1 N–H and O–H groups in total. The number of rotatable bonds is 5. The van der Waals surface area contributed by atoms with Gasteiger partial charge in [0.1, 0.15) is 6.61 Å². The number of nitrogens with zero attached hydrogens (tertiary/aromatic N) is 2. The number of hydrogen-bond donors (Lipinski definition) is 1. The average molecular weight is 333 g/mol. The monoisotopic (exact) mass is 333 g/mol. The third kappa shape index (κ3) is 5.78. The van der Waals surface area contributed by atoms with Crippen LogP contribution in [0.1, 0.15) is 25.8 Å². The van der Waals surface area contributed by atoms with Gasteiger partial charge in [0.05, 0.1) is 12.6 Å². The Balaban J connectivity index is 1.68. The van der Waals surface area contributed by atoms with E-state index in [1.54, 1.807) is 11.8 Å². The Morgan fingerprint density at radius 2 is 1.91 bits per heavy atom. The molecule has 1 saturated heterocycles. The lowest BCUT2D eigenvalue weighted by molar-refractivity contribution is -0.174. The van der Waals surface area contributed by atoms with E-state index in [0.29, 0.717) is 19.1 Å². The maximum absolute atomic E-state index is 12.1. The van der Waals surface area contributed by atoms with Crippen LogP contribution in [0.4, 0.5) is 18.0 Å². The number of halogens is 3. The van der Waals surface area contributed by atoms with Crippen LogP contribution in [-0.4, -0.2) is 54.0 Å².